The molecule has 1 amide bonds. The summed E-state index contributed by atoms with van der Waals surface area (Å²) in [6, 6.07) is 9.04. The third-order valence-electron chi connectivity index (χ3n) is 6.76. The average Bonchev–Trinajstić information content (AvgIpc) is 3.17. The lowest BCUT2D eigenvalue weighted by molar-refractivity contribution is 0.0575. The normalized spacial score (nSPS) is 24.6. The highest BCUT2D eigenvalue weighted by Gasteiger charge is 2.33. The number of hydrogen-bond donors (Lipinski definition) is 2. The summed E-state index contributed by atoms with van der Waals surface area (Å²) in [4.78, 5) is 15.5. The van der Waals surface area contributed by atoms with Crippen molar-refractivity contribution in [2.45, 2.75) is 51.0 Å². The minimum absolute atomic E-state index is 0.0102. The van der Waals surface area contributed by atoms with Crippen LogP contribution in [0.1, 0.15) is 53.7 Å². The van der Waals surface area contributed by atoms with Crippen LogP contribution in [-0.4, -0.2) is 46.7 Å². The number of rotatable bonds is 3. The Bertz CT molecular complexity index is 841. The first kappa shape index (κ1) is 17.0. The molecule has 3 heterocycles. The van der Waals surface area contributed by atoms with Gasteiger partial charge in [-0.25, -0.2) is 0 Å². The van der Waals surface area contributed by atoms with E-state index in [1.54, 1.807) is 0 Å². The van der Waals surface area contributed by atoms with Crippen LogP contribution in [0.3, 0.4) is 0 Å². The predicted octanol–water partition coefficient (Wildman–Crippen LogP) is 3.17. The van der Waals surface area contributed by atoms with E-state index in [9.17, 15) is 4.79 Å². The van der Waals surface area contributed by atoms with Gasteiger partial charge in [0.1, 0.15) is 5.69 Å². The van der Waals surface area contributed by atoms with Crippen molar-refractivity contribution in [2.75, 3.05) is 19.6 Å². The number of aryl methyl sites for hydroxylation is 1. The van der Waals surface area contributed by atoms with E-state index in [-0.39, 0.29) is 5.91 Å². The molecule has 2 fully saturated rings. The van der Waals surface area contributed by atoms with Crippen LogP contribution in [0.25, 0.3) is 11.3 Å². The van der Waals surface area contributed by atoms with E-state index < -0.39 is 0 Å². The summed E-state index contributed by atoms with van der Waals surface area (Å²) in [5.74, 6) is 0.596. The number of hydrogen-bond acceptors (Lipinski definition) is 3. The maximum atomic E-state index is 12.9. The number of piperidine rings is 2. The number of benzene rings is 1. The molecule has 2 N–H and O–H groups in total. The van der Waals surface area contributed by atoms with Gasteiger partial charge in [-0.1, -0.05) is 30.7 Å². The molecule has 2 aromatic rings. The number of amides is 1. The number of carbonyl (C=O) groups excluding carboxylic acids is 1. The zero-order valence-electron chi connectivity index (χ0n) is 15.8. The lowest BCUT2D eigenvalue weighted by atomic mass is 9.83. The zero-order chi connectivity index (χ0) is 18.2. The Labute approximate surface area is 160 Å². The number of carbonyl (C=O) groups is 1. The fourth-order valence-corrected chi connectivity index (χ4v) is 5.38. The molecule has 0 saturated carbocycles. The molecule has 0 spiro atoms. The molecule has 1 aromatic heterocycles. The molecule has 3 aliphatic rings. The van der Waals surface area contributed by atoms with E-state index in [1.165, 1.54) is 56.3 Å². The van der Waals surface area contributed by atoms with Gasteiger partial charge in [-0.2, -0.15) is 5.10 Å². The Morgan fingerprint density at radius 1 is 1.15 bits per heavy atom. The van der Waals surface area contributed by atoms with Gasteiger partial charge >= 0.3 is 0 Å². The number of nitrogens with zero attached hydrogens (tertiary/aromatic N) is 2. The van der Waals surface area contributed by atoms with Crippen molar-refractivity contribution >= 4 is 5.91 Å². The van der Waals surface area contributed by atoms with Crippen molar-refractivity contribution in [3.05, 3.63) is 41.1 Å². The summed E-state index contributed by atoms with van der Waals surface area (Å²) >= 11 is 0. The third kappa shape index (κ3) is 3.08. The molecule has 1 aromatic carbocycles. The zero-order valence-corrected chi connectivity index (χ0v) is 15.8. The Morgan fingerprint density at radius 2 is 2.04 bits per heavy atom. The van der Waals surface area contributed by atoms with Crippen LogP contribution in [0.2, 0.25) is 0 Å². The number of fused-ring (bicyclic) bond motifs is 4. The minimum Gasteiger partial charge on any atom is -0.350 e. The van der Waals surface area contributed by atoms with Crippen LogP contribution in [0.15, 0.2) is 24.3 Å². The highest BCUT2D eigenvalue weighted by molar-refractivity contribution is 5.96. The molecular formula is C22H28N4O. The highest BCUT2D eigenvalue weighted by atomic mass is 16.1. The van der Waals surface area contributed by atoms with Gasteiger partial charge in [0.05, 0.1) is 5.69 Å². The van der Waals surface area contributed by atoms with Crippen LogP contribution >= 0.6 is 0 Å². The van der Waals surface area contributed by atoms with E-state index in [0.717, 1.165) is 30.6 Å². The first-order chi connectivity index (χ1) is 13.3. The van der Waals surface area contributed by atoms with Crippen molar-refractivity contribution in [1.29, 1.82) is 0 Å². The summed E-state index contributed by atoms with van der Waals surface area (Å²) in [6.07, 6.45) is 8.30. The van der Waals surface area contributed by atoms with Crippen LogP contribution < -0.4 is 5.32 Å². The Hall–Kier alpha value is -2.14. The number of nitrogens with one attached hydrogen (secondary N) is 2. The molecule has 1 aliphatic carbocycles. The molecule has 0 radical (unpaired) electrons. The van der Waals surface area contributed by atoms with Crippen molar-refractivity contribution in [1.82, 2.24) is 20.4 Å². The standard InChI is InChI=1S/C22H28N4O/c27-22(23-14-16-7-5-13-26-12-4-3-9-19(16)26)21-18-11-10-15-6-1-2-8-17(15)20(18)24-25-21/h1-2,6,8,16,19H,3-5,7,9-14H2,(H,23,27)(H,24,25)/t16-,19-/m0/s1. The van der Waals surface area contributed by atoms with Crippen molar-refractivity contribution in [2.24, 2.45) is 5.92 Å². The molecule has 2 aliphatic heterocycles. The smallest absolute Gasteiger partial charge is 0.269 e. The second-order valence-electron chi connectivity index (χ2n) is 8.29. The van der Waals surface area contributed by atoms with Gasteiger partial charge in [-0.3, -0.25) is 9.89 Å². The molecular weight excluding hydrogens is 336 g/mol. The van der Waals surface area contributed by atoms with E-state index in [0.29, 0.717) is 17.7 Å². The van der Waals surface area contributed by atoms with Crippen LogP contribution in [0, 0.1) is 5.92 Å². The number of aromatic amines is 1. The second kappa shape index (κ2) is 7.12. The molecule has 0 bridgehead atoms. The van der Waals surface area contributed by atoms with Crippen molar-refractivity contribution in [3.63, 3.8) is 0 Å². The molecule has 142 valence electrons. The SMILES string of the molecule is O=C(NC[C@@H]1CCCN2CCCC[C@@H]12)c1[nH]nc2c1CCc1ccccc1-2. The summed E-state index contributed by atoms with van der Waals surface area (Å²) in [5, 5.41) is 10.7. The summed E-state index contributed by atoms with van der Waals surface area (Å²) in [7, 11) is 0. The average molecular weight is 364 g/mol. The van der Waals surface area contributed by atoms with Gasteiger partial charge in [0.2, 0.25) is 0 Å². The van der Waals surface area contributed by atoms with Crippen molar-refractivity contribution < 1.29 is 4.79 Å². The van der Waals surface area contributed by atoms with Gasteiger partial charge < -0.3 is 10.2 Å². The first-order valence-corrected chi connectivity index (χ1v) is 10.5. The largest absolute Gasteiger partial charge is 0.350 e. The lowest BCUT2D eigenvalue weighted by Gasteiger charge is -2.44. The fourth-order valence-electron chi connectivity index (χ4n) is 5.38. The second-order valence-corrected chi connectivity index (χ2v) is 8.29. The highest BCUT2D eigenvalue weighted by Crippen LogP contribution is 2.34. The van der Waals surface area contributed by atoms with Crippen LogP contribution in [0.4, 0.5) is 0 Å². The van der Waals surface area contributed by atoms with Crippen LogP contribution in [-0.2, 0) is 12.8 Å². The molecule has 5 rings (SSSR count). The summed E-state index contributed by atoms with van der Waals surface area (Å²) in [6.45, 7) is 3.26. The van der Waals surface area contributed by atoms with Gasteiger partial charge in [-0.15, -0.1) is 0 Å². The predicted molar refractivity (Wildman–Crippen MR) is 106 cm³/mol. The van der Waals surface area contributed by atoms with Crippen molar-refractivity contribution in [3.8, 4) is 11.3 Å². The topological polar surface area (TPSA) is 61.0 Å². The number of H-pyrrole nitrogens is 1. The summed E-state index contributed by atoms with van der Waals surface area (Å²) < 4.78 is 0. The fraction of sp³-hybridized carbons (Fsp3) is 0.545. The first-order valence-electron chi connectivity index (χ1n) is 10.5. The Morgan fingerprint density at radius 3 is 3.00 bits per heavy atom. The maximum Gasteiger partial charge on any atom is 0.269 e. The Balaban J connectivity index is 1.29. The van der Waals surface area contributed by atoms with E-state index >= 15 is 0 Å². The third-order valence-corrected chi connectivity index (χ3v) is 6.76. The molecule has 2 atom stereocenters. The maximum absolute atomic E-state index is 12.9. The van der Waals surface area contributed by atoms with Gasteiger partial charge in [0, 0.05) is 23.7 Å². The molecule has 5 heteroatoms. The Kier molecular flexibility index (Phi) is 4.48. The van der Waals surface area contributed by atoms with Crippen LogP contribution in [0.5, 0.6) is 0 Å². The quantitative estimate of drug-likeness (QED) is 0.879. The minimum atomic E-state index is 0.0102. The summed E-state index contributed by atoms with van der Waals surface area (Å²) in [5.41, 5.74) is 5.19. The van der Waals surface area contributed by atoms with Gasteiger partial charge in [0.15, 0.2) is 0 Å². The molecule has 0 unspecified atom stereocenters. The molecule has 5 nitrogen and oxygen atoms in total. The van der Waals surface area contributed by atoms with E-state index in [2.05, 4.69) is 38.6 Å². The number of aromatic nitrogens is 2. The van der Waals surface area contributed by atoms with Gasteiger partial charge in [-0.05, 0) is 63.1 Å². The monoisotopic (exact) mass is 364 g/mol. The van der Waals surface area contributed by atoms with E-state index in [1.807, 2.05) is 6.07 Å². The van der Waals surface area contributed by atoms with E-state index in [4.69, 9.17) is 0 Å². The molecule has 27 heavy (non-hydrogen) atoms. The lowest BCUT2D eigenvalue weighted by Crippen LogP contribution is -2.51. The molecule has 2 saturated heterocycles. The van der Waals surface area contributed by atoms with Gasteiger partial charge in [0.25, 0.3) is 5.91 Å².